The molecule has 1 atom stereocenters. The number of aromatic nitrogens is 1. The van der Waals surface area contributed by atoms with E-state index in [2.05, 4.69) is 86.4 Å². The number of nitrogens with zero attached hydrogens (tertiary/aromatic N) is 2. The first-order chi connectivity index (χ1) is 15.2. The van der Waals surface area contributed by atoms with Crippen LogP contribution in [0.15, 0.2) is 83.6 Å². The molecule has 31 heavy (non-hydrogen) atoms. The van der Waals surface area contributed by atoms with Crippen LogP contribution in [0.5, 0.6) is 0 Å². The quantitative estimate of drug-likeness (QED) is 0.511. The van der Waals surface area contributed by atoms with Gasteiger partial charge in [0.15, 0.2) is 0 Å². The smallest absolute Gasteiger partial charge is 0.128 e. The fourth-order valence-electron chi connectivity index (χ4n) is 5.20. The van der Waals surface area contributed by atoms with Gasteiger partial charge in [0.25, 0.3) is 0 Å². The largest absolute Gasteiger partial charge is 0.357 e. The van der Waals surface area contributed by atoms with Gasteiger partial charge in [-0.15, -0.1) is 0 Å². The second-order valence-corrected chi connectivity index (χ2v) is 8.83. The lowest BCUT2D eigenvalue weighted by atomic mass is 9.85. The average molecular weight is 413 g/mol. The van der Waals surface area contributed by atoms with Crippen LogP contribution < -0.4 is 4.90 Å². The molecule has 2 nitrogen and oxygen atoms in total. The Hall–Kier alpha value is -2.61. The normalized spacial score (nSPS) is 22.4. The first kappa shape index (κ1) is 21.6. The van der Waals surface area contributed by atoms with Crippen molar-refractivity contribution in [1.29, 1.82) is 0 Å². The lowest BCUT2D eigenvalue weighted by Gasteiger charge is -2.34. The Morgan fingerprint density at radius 2 is 1.77 bits per heavy atom. The molecule has 1 aromatic heterocycles. The maximum absolute atomic E-state index is 4.71. The number of allylic oxidation sites excluding steroid dienone is 6. The Bertz CT molecular complexity index is 942. The Kier molecular flexibility index (Phi) is 7.06. The third-order valence-electron chi connectivity index (χ3n) is 6.89. The van der Waals surface area contributed by atoms with E-state index in [1.807, 2.05) is 6.20 Å². The van der Waals surface area contributed by atoms with Crippen molar-refractivity contribution >= 4 is 5.82 Å². The number of aryl methyl sites for hydroxylation is 1. The van der Waals surface area contributed by atoms with Gasteiger partial charge in [-0.3, -0.25) is 0 Å². The van der Waals surface area contributed by atoms with E-state index in [-0.39, 0.29) is 0 Å². The summed E-state index contributed by atoms with van der Waals surface area (Å²) in [5.41, 5.74) is 7.39. The van der Waals surface area contributed by atoms with E-state index in [0.29, 0.717) is 11.8 Å². The third kappa shape index (κ3) is 4.84. The first-order valence-corrected chi connectivity index (χ1v) is 12.1. The van der Waals surface area contributed by atoms with E-state index in [1.165, 1.54) is 29.5 Å². The van der Waals surface area contributed by atoms with E-state index >= 15 is 0 Å². The number of hydrogen-bond acceptors (Lipinski definition) is 2. The maximum atomic E-state index is 4.71. The zero-order valence-corrected chi connectivity index (χ0v) is 19.3. The highest BCUT2D eigenvalue weighted by Crippen LogP contribution is 2.44. The van der Waals surface area contributed by atoms with Gasteiger partial charge < -0.3 is 4.90 Å². The molecule has 1 aliphatic carbocycles. The van der Waals surface area contributed by atoms with Crippen molar-refractivity contribution in [2.75, 3.05) is 18.0 Å². The number of hydrogen-bond donors (Lipinski definition) is 0. The zero-order chi connectivity index (χ0) is 21.6. The third-order valence-corrected chi connectivity index (χ3v) is 6.89. The summed E-state index contributed by atoms with van der Waals surface area (Å²) in [4.78, 5) is 7.18. The van der Waals surface area contributed by atoms with Crippen LogP contribution in [0.2, 0.25) is 0 Å². The first-order valence-electron chi connectivity index (χ1n) is 12.1. The van der Waals surface area contributed by atoms with Crippen LogP contribution in [0.25, 0.3) is 0 Å². The molecule has 0 spiro atoms. The lowest BCUT2D eigenvalue weighted by Crippen LogP contribution is -2.34. The van der Waals surface area contributed by atoms with Gasteiger partial charge in [-0.05, 0) is 78.9 Å². The number of piperidine rings is 1. The highest BCUT2D eigenvalue weighted by Gasteiger charge is 2.32. The molecule has 2 heterocycles. The predicted molar refractivity (Wildman–Crippen MR) is 132 cm³/mol. The molecule has 1 aliphatic heterocycles. The fraction of sp³-hybridized carbons (Fsp3) is 0.414. The summed E-state index contributed by atoms with van der Waals surface area (Å²) in [6.45, 7) is 8.84. The highest BCUT2D eigenvalue weighted by atomic mass is 15.2. The number of pyridine rings is 1. The molecule has 0 bridgehead atoms. The van der Waals surface area contributed by atoms with E-state index in [1.54, 1.807) is 11.1 Å². The number of benzene rings is 1. The zero-order valence-electron chi connectivity index (χ0n) is 19.3. The van der Waals surface area contributed by atoms with Crippen molar-refractivity contribution in [2.24, 2.45) is 11.8 Å². The number of rotatable bonds is 6. The standard InChI is InChI=1S/C29H36N2/c1-4-10-27-25(19-23-11-8-7-9-12-23)20-28(26(27)6-3)24-15-17-31(18-16-24)29-14-13-22(5-2)21-30-29/h6-14,20-21,24-25H,4-5,15-19H2,1-3H3/b26-6+,27-10-. The van der Waals surface area contributed by atoms with Crippen LogP contribution in [-0.4, -0.2) is 18.1 Å². The molecular weight excluding hydrogens is 376 g/mol. The van der Waals surface area contributed by atoms with Crippen molar-refractivity contribution in [1.82, 2.24) is 4.98 Å². The summed E-state index contributed by atoms with van der Waals surface area (Å²) >= 11 is 0. The van der Waals surface area contributed by atoms with Crippen LogP contribution in [0.1, 0.15) is 51.2 Å². The molecule has 162 valence electrons. The van der Waals surface area contributed by atoms with Gasteiger partial charge >= 0.3 is 0 Å². The topological polar surface area (TPSA) is 16.1 Å². The minimum Gasteiger partial charge on any atom is -0.357 e. The van der Waals surface area contributed by atoms with Gasteiger partial charge in [-0.25, -0.2) is 4.98 Å². The molecule has 2 heteroatoms. The lowest BCUT2D eigenvalue weighted by molar-refractivity contribution is 0.461. The molecule has 1 fully saturated rings. The fourth-order valence-corrected chi connectivity index (χ4v) is 5.20. The van der Waals surface area contributed by atoms with Crippen LogP contribution in [0.3, 0.4) is 0 Å². The summed E-state index contributed by atoms with van der Waals surface area (Å²) in [7, 11) is 0. The molecule has 4 rings (SSSR count). The highest BCUT2D eigenvalue weighted by molar-refractivity contribution is 5.57. The van der Waals surface area contributed by atoms with Gasteiger partial charge in [-0.1, -0.05) is 68.5 Å². The molecule has 0 radical (unpaired) electrons. The summed E-state index contributed by atoms with van der Waals surface area (Å²) in [6.07, 6.45) is 15.1. The Balaban J connectivity index is 1.49. The van der Waals surface area contributed by atoms with E-state index < -0.39 is 0 Å². The van der Waals surface area contributed by atoms with Crippen LogP contribution in [0, 0.1) is 11.8 Å². The van der Waals surface area contributed by atoms with Gasteiger partial charge in [0.1, 0.15) is 5.82 Å². The minimum atomic E-state index is 0.504. The van der Waals surface area contributed by atoms with Gasteiger partial charge in [0, 0.05) is 25.2 Å². The molecule has 1 saturated heterocycles. The molecule has 0 N–H and O–H groups in total. The molecule has 0 saturated carbocycles. The van der Waals surface area contributed by atoms with Crippen LogP contribution >= 0.6 is 0 Å². The Morgan fingerprint density at radius 3 is 2.39 bits per heavy atom. The van der Waals surface area contributed by atoms with Crippen molar-refractivity contribution in [3.63, 3.8) is 0 Å². The molecular formula is C29H36N2. The summed E-state index contributed by atoms with van der Waals surface area (Å²) in [6, 6.07) is 15.4. The second-order valence-electron chi connectivity index (χ2n) is 8.83. The van der Waals surface area contributed by atoms with Gasteiger partial charge in [0.05, 0.1) is 0 Å². The van der Waals surface area contributed by atoms with Gasteiger partial charge in [-0.2, -0.15) is 0 Å². The monoisotopic (exact) mass is 412 g/mol. The number of anilines is 1. The van der Waals surface area contributed by atoms with E-state index in [4.69, 9.17) is 4.98 Å². The van der Waals surface area contributed by atoms with Crippen molar-refractivity contribution in [2.45, 2.75) is 52.9 Å². The van der Waals surface area contributed by atoms with Crippen molar-refractivity contribution < 1.29 is 0 Å². The second kappa shape index (κ2) is 10.1. The van der Waals surface area contributed by atoms with Crippen molar-refractivity contribution in [3.05, 3.63) is 94.7 Å². The van der Waals surface area contributed by atoms with E-state index in [9.17, 15) is 0 Å². The molecule has 2 aliphatic rings. The average Bonchev–Trinajstić information content (AvgIpc) is 3.17. The molecule has 1 aromatic carbocycles. The summed E-state index contributed by atoms with van der Waals surface area (Å²) in [5.74, 6) is 2.29. The van der Waals surface area contributed by atoms with Crippen LogP contribution in [-0.2, 0) is 12.8 Å². The predicted octanol–water partition coefficient (Wildman–Crippen LogP) is 6.94. The maximum Gasteiger partial charge on any atom is 0.128 e. The summed E-state index contributed by atoms with van der Waals surface area (Å²) in [5, 5.41) is 0. The molecule has 1 unspecified atom stereocenters. The Morgan fingerprint density at radius 1 is 1.00 bits per heavy atom. The van der Waals surface area contributed by atoms with Crippen molar-refractivity contribution in [3.8, 4) is 0 Å². The summed E-state index contributed by atoms with van der Waals surface area (Å²) < 4.78 is 0. The molecule has 2 aromatic rings. The SMILES string of the molecule is C/C=C1/C(C2CCN(c3ccc(CC)cn3)CC2)=CC(Cc2ccccc2)/C1=C/CC. The van der Waals surface area contributed by atoms with Gasteiger partial charge in [0.2, 0.25) is 0 Å². The van der Waals surface area contributed by atoms with E-state index in [0.717, 1.165) is 38.2 Å². The van der Waals surface area contributed by atoms with Crippen LogP contribution in [0.4, 0.5) is 5.82 Å². The Labute approximate surface area is 188 Å². The molecule has 0 amide bonds. The minimum absolute atomic E-state index is 0.504.